The second-order valence-corrected chi connectivity index (χ2v) is 4.44. The van der Waals surface area contributed by atoms with Crippen LogP contribution in [0.15, 0.2) is 52.6 Å². The molecule has 0 saturated carbocycles. The summed E-state index contributed by atoms with van der Waals surface area (Å²) >= 11 is 1.58. The van der Waals surface area contributed by atoms with Gasteiger partial charge < -0.3 is 15.7 Å². The highest BCUT2D eigenvalue weighted by molar-refractivity contribution is 7.98. The van der Waals surface area contributed by atoms with E-state index in [1.54, 1.807) is 30.1 Å². The van der Waals surface area contributed by atoms with Gasteiger partial charge in [-0.25, -0.2) is 4.98 Å². The number of ether oxygens (including phenoxy) is 1. The summed E-state index contributed by atoms with van der Waals surface area (Å²) in [6.07, 6.45) is 3.52. The molecule has 2 aromatic rings. The summed E-state index contributed by atoms with van der Waals surface area (Å²) in [5, 5.41) is 11.7. The Hall–Kier alpha value is -2.21. The van der Waals surface area contributed by atoms with E-state index in [2.05, 4.69) is 10.1 Å². The number of para-hydroxylation sites is 1. The molecule has 3 N–H and O–H groups in total. The smallest absolute Gasteiger partial charge is 0.192 e. The largest absolute Gasteiger partial charge is 0.454 e. The fourth-order valence-electron chi connectivity index (χ4n) is 1.53. The van der Waals surface area contributed by atoms with Crippen molar-refractivity contribution in [2.75, 3.05) is 6.26 Å². The highest BCUT2D eigenvalue weighted by atomic mass is 32.2. The monoisotopic (exact) mass is 275 g/mol. The Bertz CT molecular complexity index is 602. The molecule has 0 aliphatic carbocycles. The van der Waals surface area contributed by atoms with Gasteiger partial charge in [0.2, 0.25) is 0 Å². The van der Waals surface area contributed by atoms with Crippen molar-refractivity contribution in [3.05, 3.63) is 48.3 Å². The molecule has 0 spiro atoms. The van der Waals surface area contributed by atoms with Gasteiger partial charge in [-0.15, -0.1) is 11.8 Å². The van der Waals surface area contributed by atoms with Gasteiger partial charge in [-0.1, -0.05) is 17.3 Å². The molecule has 1 heterocycles. The standard InChI is InChI=1S/C13H13N3O2S/c1-19-11-7-3-2-5-9(11)18-10-6-4-8-15-12(10)13(14)16-17/h2-8,17H,1H3,(H2,14,16). The molecule has 2 rings (SSSR count). The van der Waals surface area contributed by atoms with Crippen LogP contribution in [0.3, 0.4) is 0 Å². The van der Waals surface area contributed by atoms with Gasteiger partial charge in [-0.3, -0.25) is 0 Å². The van der Waals surface area contributed by atoms with Gasteiger partial charge in [0.15, 0.2) is 17.3 Å². The molecule has 0 radical (unpaired) electrons. The summed E-state index contributed by atoms with van der Waals surface area (Å²) in [6.45, 7) is 0. The summed E-state index contributed by atoms with van der Waals surface area (Å²) in [5.41, 5.74) is 5.88. The Labute approximate surface area is 115 Å². The number of amidine groups is 1. The van der Waals surface area contributed by atoms with E-state index in [-0.39, 0.29) is 5.84 Å². The van der Waals surface area contributed by atoms with E-state index in [0.29, 0.717) is 17.2 Å². The van der Waals surface area contributed by atoms with Gasteiger partial charge in [-0.2, -0.15) is 0 Å². The van der Waals surface area contributed by atoms with Gasteiger partial charge in [0, 0.05) is 11.1 Å². The molecular formula is C13H13N3O2S. The van der Waals surface area contributed by atoms with E-state index in [4.69, 9.17) is 15.7 Å². The molecule has 1 aromatic carbocycles. The van der Waals surface area contributed by atoms with Crippen molar-refractivity contribution in [3.8, 4) is 11.5 Å². The Morgan fingerprint density at radius 1 is 1.26 bits per heavy atom. The van der Waals surface area contributed by atoms with Crippen LogP contribution >= 0.6 is 11.8 Å². The molecule has 6 heteroatoms. The predicted octanol–water partition coefficient (Wildman–Crippen LogP) is 2.69. The number of nitrogens with two attached hydrogens (primary N) is 1. The van der Waals surface area contributed by atoms with E-state index >= 15 is 0 Å². The zero-order chi connectivity index (χ0) is 13.7. The number of aromatic nitrogens is 1. The Kier molecular flexibility index (Phi) is 4.25. The first kappa shape index (κ1) is 13.2. The van der Waals surface area contributed by atoms with Gasteiger partial charge in [0.1, 0.15) is 5.75 Å². The molecule has 0 atom stereocenters. The lowest BCUT2D eigenvalue weighted by atomic mass is 10.3. The van der Waals surface area contributed by atoms with Crippen molar-refractivity contribution in [3.63, 3.8) is 0 Å². The molecule has 0 saturated heterocycles. The molecular weight excluding hydrogens is 262 g/mol. The summed E-state index contributed by atoms with van der Waals surface area (Å²) in [7, 11) is 0. The number of benzene rings is 1. The topological polar surface area (TPSA) is 80.7 Å². The van der Waals surface area contributed by atoms with E-state index in [0.717, 1.165) is 4.90 Å². The van der Waals surface area contributed by atoms with Crippen LogP contribution in [0.5, 0.6) is 11.5 Å². The average Bonchev–Trinajstić information content (AvgIpc) is 2.47. The Morgan fingerprint density at radius 3 is 2.74 bits per heavy atom. The maximum absolute atomic E-state index is 8.74. The van der Waals surface area contributed by atoms with Crippen LogP contribution in [0.2, 0.25) is 0 Å². The first-order valence-electron chi connectivity index (χ1n) is 5.50. The first-order valence-corrected chi connectivity index (χ1v) is 6.72. The van der Waals surface area contributed by atoms with Crippen LogP contribution in [0.1, 0.15) is 5.69 Å². The third-order valence-electron chi connectivity index (χ3n) is 2.41. The normalized spacial score (nSPS) is 11.3. The van der Waals surface area contributed by atoms with Gasteiger partial charge >= 0.3 is 0 Å². The predicted molar refractivity (Wildman–Crippen MR) is 75.0 cm³/mol. The summed E-state index contributed by atoms with van der Waals surface area (Å²) in [6, 6.07) is 11.1. The van der Waals surface area contributed by atoms with Crippen molar-refractivity contribution in [1.82, 2.24) is 4.98 Å². The third-order valence-corrected chi connectivity index (χ3v) is 3.19. The molecule has 0 bridgehead atoms. The number of hydrogen-bond donors (Lipinski definition) is 2. The average molecular weight is 275 g/mol. The minimum Gasteiger partial charge on any atom is -0.454 e. The van der Waals surface area contributed by atoms with E-state index in [1.807, 2.05) is 30.5 Å². The number of nitrogens with zero attached hydrogens (tertiary/aromatic N) is 2. The first-order chi connectivity index (χ1) is 9.26. The molecule has 5 nitrogen and oxygen atoms in total. The summed E-state index contributed by atoms with van der Waals surface area (Å²) < 4.78 is 5.80. The molecule has 0 unspecified atom stereocenters. The zero-order valence-electron chi connectivity index (χ0n) is 10.3. The Morgan fingerprint density at radius 2 is 2.00 bits per heavy atom. The number of pyridine rings is 1. The van der Waals surface area contributed by atoms with Gasteiger partial charge in [-0.05, 0) is 30.5 Å². The second-order valence-electron chi connectivity index (χ2n) is 3.59. The SMILES string of the molecule is CSc1ccccc1Oc1cccnc1/C(N)=N/O. The molecule has 0 fully saturated rings. The van der Waals surface area contributed by atoms with Gasteiger partial charge in [0.05, 0.1) is 0 Å². The van der Waals surface area contributed by atoms with Crippen LogP contribution < -0.4 is 10.5 Å². The minimum absolute atomic E-state index is 0.0859. The van der Waals surface area contributed by atoms with Crippen LogP contribution in [0, 0.1) is 0 Å². The van der Waals surface area contributed by atoms with Gasteiger partial charge in [0.25, 0.3) is 0 Å². The number of thioether (sulfide) groups is 1. The molecule has 98 valence electrons. The number of oxime groups is 1. The van der Waals surface area contributed by atoms with Crippen molar-refractivity contribution < 1.29 is 9.94 Å². The lowest BCUT2D eigenvalue weighted by Crippen LogP contribution is -2.16. The Balaban J connectivity index is 2.39. The fourth-order valence-corrected chi connectivity index (χ4v) is 2.06. The van der Waals surface area contributed by atoms with Crippen molar-refractivity contribution in [1.29, 1.82) is 0 Å². The maximum atomic E-state index is 8.74. The zero-order valence-corrected chi connectivity index (χ0v) is 11.1. The van der Waals surface area contributed by atoms with Crippen molar-refractivity contribution >= 4 is 17.6 Å². The minimum atomic E-state index is -0.0859. The molecule has 0 aliphatic heterocycles. The van der Waals surface area contributed by atoms with Crippen molar-refractivity contribution in [2.45, 2.75) is 4.90 Å². The van der Waals surface area contributed by atoms with Crippen molar-refractivity contribution in [2.24, 2.45) is 10.9 Å². The quantitative estimate of drug-likeness (QED) is 0.295. The van der Waals surface area contributed by atoms with Crippen LogP contribution in [-0.2, 0) is 0 Å². The summed E-state index contributed by atoms with van der Waals surface area (Å²) in [5.74, 6) is 1.06. The maximum Gasteiger partial charge on any atom is 0.192 e. The number of rotatable bonds is 4. The lowest BCUT2D eigenvalue weighted by Gasteiger charge is -2.11. The number of hydrogen-bond acceptors (Lipinski definition) is 5. The highest BCUT2D eigenvalue weighted by Crippen LogP contribution is 2.32. The summed E-state index contributed by atoms with van der Waals surface area (Å²) in [4.78, 5) is 5.05. The van der Waals surface area contributed by atoms with Crippen LogP contribution in [-0.4, -0.2) is 22.3 Å². The highest BCUT2D eigenvalue weighted by Gasteiger charge is 2.11. The molecule has 19 heavy (non-hydrogen) atoms. The second kappa shape index (κ2) is 6.10. The third kappa shape index (κ3) is 2.97. The van der Waals surface area contributed by atoms with E-state index in [1.165, 1.54) is 0 Å². The van der Waals surface area contributed by atoms with Crippen LogP contribution in [0.4, 0.5) is 0 Å². The molecule has 0 aliphatic rings. The van der Waals surface area contributed by atoms with Crippen LogP contribution in [0.25, 0.3) is 0 Å². The fraction of sp³-hybridized carbons (Fsp3) is 0.0769. The van der Waals surface area contributed by atoms with E-state index < -0.39 is 0 Å². The molecule has 1 aromatic heterocycles. The van der Waals surface area contributed by atoms with E-state index in [9.17, 15) is 0 Å². The molecule has 0 amide bonds. The lowest BCUT2D eigenvalue weighted by molar-refractivity contribution is 0.318.